The highest BCUT2D eigenvalue weighted by Crippen LogP contribution is 2.26. The van der Waals surface area contributed by atoms with Gasteiger partial charge in [0.15, 0.2) is 0 Å². The maximum atomic E-state index is 11.5. The molecule has 0 saturated heterocycles. The summed E-state index contributed by atoms with van der Waals surface area (Å²) >= 11 is 0. The number of hydrogen-bond acceptors (Lipinski definition) is 3. The average Bonchev–Trinajstić information content (AvgIpc) is 2.27. The molecule has 0 amide bonds. The highest BCUT2D eigenvalue weighted by molar-refractivity contribution is 5.94. The quantitative estimate of drug-likeness (QED) is 0.759. The lowest BCUT2D eigenvalue weighted by atomic mass is 10.1. The highest BCUT2D eigenvalue weighted by atomic mass is 16.5. The van der Waals surface area contributed by atoms with Crippen molar-refractivity contribution in [2.45, 2.75) is 6.92 Å². The second-order valence-electron chi connectivity index (χ2n) is 3.52. The van der Waals surface area contributed by atoms with Gasteiger partial charge in [-0.25, -0.2) is 5.43 Å². The van der Waals surface area contributed by atoms with Crippen LogP contribution in [0.4, 0.5) is 5.69 Å². The summed E-state index contributed by atoms with van der Waals surface area (Å²) in [5.41, 5.74) is 4.37. The van der Waals surface area contributed by atoms with Crippen LogP contribution in [0.15, 0.2) is 36.4 Å². The van der Waals surface area contributed by atoms with E-state index < -0.39 is 0 Å². The molecular weight excluding hydrogens is 188 g/mol. The van der Waals surface area contributed by atoms with Gasteiger partial charge in [0, 0.05) is 18.1 Å². The first-order valence-corrected chi connectivity index (χ1v) is 4.86. The molecule has 2 rings (SSSR count). The van der Waals surface area contributed by atoms with Gasteiger partial charge in [-0.2, -0.15) is 0 Å². The van der Waals surface area contributed by atoms with Gasteiger partial charge < -0.3 is 10.4 Å². The van der Waals surface area contributed by atoms with Crippen LogP contribution < -0.4 is 10.6 Å². The predicted molar refractivity (Wildman–Crippen MR) is 63.6 cm³/mol. The molecule has 15 heavy (non-hydrogen) atoms. The number of nitrogens with one attached hydrogen (secondary N) is 1. The number of benzene rings is 2. The maximum absolute atomic E-state index is 11.5. The van der Waals surface area contributed by atoms with E-state index in [9.17, 15) is 5.21 Å². The van der Waals surface area contributed by atoms with E-state index in [0.717, 1.165) is 21.5 Å². The Kier molecular flexibility index (Phi) is 2.58. The van der Waals surface area contributed by atoms with E-state index in [0.29, 0.717) is 5.69 Å². The van der Waals surface area contributed by atoms with Crippen LogP contribution >= 0.6 is 0 Å². The molecule has 2 aromatic carbocycles. The first-order chi connectivity index (χ1) is 7.22. The van der Waals surface area contributed by atoms with E-state index in [4.69, 9.17) is 0 Å². The minimum absolute atomic E-state index is 0.652. The molecule has 0 aliphatic heterocycles. The molecular formula is C12H13N2O-. The summed E-state index contributed by atoms with van der Waals surface area (Å²) in [4.78, 5) is 0. The summed E-state index contributed by atoms with van der Waals surface area (Å²) in [5.74, 6) is 0. The van der Waals surface area contributed by atoms with Gasteiger partial charge in [-0.3, -0.25) is 0 Å². The number of aryl methyl sites for hydroxylation is 1. The van der Waals surface area contributed by atoms with Crippen molar-refractivity contribution in [2.75, 3.05) is 12.2 Å². The summed E-state index contributed by atoms with van der Waals surface area (Å²) < 4.78 is 0. The number of hydrazine groups is 1. The van der Waals surface area contributed by atoms with Gasteiger partial charge in [0.05, 0.1) is 0 Å². The van der Waals surface area contributed by atoms with E-state index in [-0.39, 0.29) is 0 Å². The fraction of sp³-hybridized carbons (Fsp3) is 0.167. The minimum Gasteiger partial charge on any atom is -0.743 e. The van der Waals surface area contributed by atoms with E-state index in [1.807, 2.05) is 43.3 Å². The highest BCUT2D eigenvalue weighted by Gasteiger charge is 2.01. The fourth-order valence-corrected chi connectivity index (χ4v) is 1.67. The third-order valence-corrected chi connectivity index (χ3v) is 2.44. The Bertz CT molecular complexity index is 482. The van der Waals surface area contributed by atoms with Gasteiger partial charge in [0.25, 0.3) is 0 Å². The Morgan fingerprint density at radius 3 is 2.73 bits per heavy atom. The van der Waals surface area contributed by atoms with Crippen LogP contribution in [0, 0.1) is 12.1 Å². The summed E-state index contributed by atoms with van der Waals surface area (Å²) in [6, 6.07) is 11.8. The van der Waals surface area contributed by atoms with Crippen LogP contribution in [0.1, 0.15) is 5.56 Å². The second kappa shape index (κ2) is 3.88. The average molecular weight is 201 g/mol. The molecule has 0 fully saturated rings. The third kappa shape index (κ3) is 1.79. The first-order valence-electron chi connectivity index (χ1n) is 4.86. The molecule has 0 aliphatic carbocycles. The Hall–Kier alpha value is -1.58. The van der Waals surface area contributed by atoms with E-state index in [2.05, 4.69) is 5.43 Å². The molecule has 1 N–H and O–H groups in total. The summed E-state index contributed by atoms with van der Waals surface area (Å²) in [6.45, 7) is 2.02. The van der Waals surface area contributed by atoms with Crippen molar-refractivity contribution in [1.29, 1.82) is 0 Å². The normalized spacial score (nSPS) is 10.6. The van der Waals surface area contributed by atoms with Crippen LogP contribution in [0.5, 0.6) is 0 Å². The van der Waals surface area contributed by atoms with Crippen molar-refractivity contribution >= 4 is 16.5 Å². The lowest BCUT2D eigenvalue weighted by Crippen LogP contribution is -2.28. The van der Waals surface area contributed by atoms with Gasteiger partial charge in [0.1, 0.15) is 0 Å². The number of rotatable bonds is 2. The maximum Gasteiger partial charge on any atom is 0.0484 e. The predicted octanol–water partition coefficient (Wildman–Crippen LogP) is 2.59. The van der Waals surface area contributed by atoms with Crippen molar-refractivity contribution in [3.63, 3.8) is 0 Å². The second-order valence-corrected chi connectivity index (χ2v) is 3.52. The number of anilines is 1. The summed E-state index contributed by atoms with van der Waals surface area (Å²) in [6.07, 6.45) is 0. The lowest BCUT2D eigenvalue weighted by molar-refractivity contribution is 0.834. The monoisotopic (exact) mass is 201 g/mol. The molecule has 0 unspecified atom stereocenters. The fourth-order valence-electron chi connectivity index (χ4n) is 1.67. The molecule has 0 radical (unpaired) electrons. The number of nitrogens with zero attached hydrogens (tertiary/aromatic N) is 1. The van der Waals surface area contributed by atoms with Crippen LogP contribution in [0.2, 0.25) is 0 Å². The van der Waals surface area contributed by atoms with Crippen LogP contribution in [-0.2, 0) is 0 Å². The molecule has 0 spiro atoms. The Morgan fingerprint density at radius 1 is 1.20 bits per heavy atom. The third-order valence-electron chi connectivity index (χ3n) is 2.44. The van der Waals surface area contributed by atoms with Gasteiger partial charge in [-0.15, -0.1) is 0 Å². The molecule has 0 aliphatic rings. The topological polar surface area (TPSA) is 38.3 Å². The standard InChI is InChI=1S/C12H13N2O/c1-9-6-7-10-4-3-5-12(11(10)8-9)14(15)13-2/h3-8,13H,1-2H3/q-1. The Morgan fingerprint density at radius 2 is 2.00 bits per heavy atom. The number of fused-ring (bicyclic) bond motifs is 1. The van der Waals surface area contributed by atoms with Crippen LogP contribution in [-0.4, -0.2) is 7.05 Å². The summed E-state index contributed by atoms with van der Waals surface area (Å²) in [5, 5.41) is 14.4. The van der Waals surface area contributed by atoms with E-state index in [1.54, 1.807) is 7.05 Å². The Labute approximate surface area is 88.9 Å². The van der Waals surface area contributed by atoms with Crippen LogP contribution in [0.3, 0.4) is 0 Å². The van der Waals surface area contributed by atoms with Crippen LogP contribution in [0.25, 0.3) is 10.8 Å². The summed E-state index contributed by atoms with van der Waals surface area (Å²) in [7, 11) is 1.61. The van der Waals surface area contributed by atoms with Gasteiger partial charge >= 0.3 is 0 Å². The SMILES string of the molecule is CNN([O-])c1cccc2ccc(C)cc12. The van der Waals surface area contributed by atoms with Gasteiger partial charge in [0.2, 0.25) is 0 Å². The largest absolute Gasteiger partial charge is 0.743 e. The van der Waals surface area contributed by atoms with Crippen molar-refractivity contribution in [1.82, 2.24) is 5.43 Å². The van der Waals surface area contributed by atoms with E-state index in [1.165, 1.54) is 0 Å². The zero-order valence-electron chi connectivity index (χ0n) is 8.82. The molecule has 3 nitrogen and oxygen atoms in total. The van der Waals surface area contributed by atoms with Crippen molar-refractivity contribution < 1.29 is 0 Å². The first kappa shape index (κ1) is 9.96. The zero-order chi connectivity index (χ0) is 10.8. The molecule has 0 aromatic heterocycles. The molecule has 78 valence electrons. The number of hydrogen-bond donors (Lipinski definition) is 1. The van der Waals surface area contributed by atoms with Gasteiger partial charge in [-0.05, 0) is 24.4 Å². The van der Waals surface area contributed by atoms with Crippen molar-refractivity contribution in [3.8, 4) is 0 Å². The van der Waals surface area contributed by atoms with Crippen molar-refractivity contribution in [2.24, 2.45) is 0 Å². The molecule has 0 bridgehead atoms. The van der Waals surface area contributed by atoms with Crippen molar-refractivity contribution in [3.05, 3.63) is 47.2 Å². The van der Waals surface area contributed by atoms with Gasteiger partial charge in [-0.1, -0.05) is 29.8 Å². The lowest BCUT2D eigenvalue weighted by Gasteiger charge is -2.30. The molecule has 0 saturated carbocycles. The Balaban J connectivity index is 2.68. The molecule has 0 atom stereocenters. The molecule has 2 aromatic rings. The zero-order valence-corrected chi connectivity index (χ0v) is 8.82. The minimum atomic E-state index is 0.652. The molecule has 0 heterocycles. The smallest absolute Gasteiger partial charge is 0.0484 e. The van der Waals surface area contributed by atoms with E-state index >= 15 is 0 Å². The molecule has 3 heteroatoms.